The molecule has 0 fully saturated rings. The molecule has 0 saturated carbocycles. The molecule has 0 aliphatic heterocycles. The molecule has 0 bridgehead atoms. The Morgan fingerprint density at radius 3 is 2.87 bits per heavy atom. The first-order valence-corrected chi connectivity index (χ1v) is 5.77. The fourth-order valence-corrected chi connectivity index (χ4v) is 2.64. The Hall–Kier alpha value is -0.680. The van der Waals surface area contributed by atoms with E-state index in [1.807, 2.05) is 18.2 Å². The van der Waals surface area contributed by atoms with Crippen LogP contribution in [-0.4, -0.2) is 16.2 Å². The summed E-state index contributed by atoms with van der Waals surface area (Å²) in [6, 6.07) is 5.11. The Kier molecular flexibility index (Phi) is 2.93. The van der Waals surface area contributed by atoms with Crippen LogP contribution in [0, 0.1) is 0 Å². The molecule has 0 spiro atoms. The summed E-state index contributed by atoms with van der Waals surface area (Å²) < 4.78 is 0.922. The topological polar surface area (TPSA) is 59.1 Å². The molecule has 2 rings (SSSR count). The summed E-state index contributed by atoms with van der Waals surface area (Å²) in [5.74, 6) is 0. The number of nitrogens with two attached hydrogens (primary N) is 1. The monoisotopic (exact) mass is 242 g/mol. The fraction of sp³-hybridized carbons (Fsp3) is 0.300. The average Bonchev–Trinajstić information content (AvgIpc) is 2.61. The van der Waals surface area contributed by atoms with Gasteiger partial charge in [-0.25, -0.2) is 4.98 Å². The molecule has 5 heteroatoms. The number of hydrogen-bond acceptors (Lipinski definition) is 4. The van der Waals surface area contributed by atoms with Crippen LogP contribution < -0.4 is 5.73 Å². The van der Waals surface area contributed by atoms with Crippen molar-refractivity contribution in [3.8, 4) is 0 Å². The van der Waals surface area contributed by atoms with Gasteiger partial charge < -0.3 is 10.8 Å². The Labute approximate surface area is 96.5 Å². The first kappa shape index (κ1) is 10.8. The molecule has 3 N–H and O–H groups in total. The molecule has 3 nitrogen and oxygen atoms in total. The van der Waals surface area contributed by atoms with Crippen LogP contribution in [-0.2, 0) is 0 Å². The predicted octanol–water partition coefficient (Wildman–Crippen LogP) is 2.33. The van der Waals surface area contributed by atoms with Crippen molar-refractivity contribution in [1.82, 2.24) is 4.98 Å². The fourth-order valence-electron chi connectivity index (χ4n) is 1.28. The number of rotatable bonds is 2. The van der Waals surface area contributed by atoms with Crippen LogP contribution in [0.15, 0.2) is 18.2 Å². The van der Waals surface area contributed by atoms with Gasteiger partial charge in [0.1, 0.15) is 5.01 Å². The van der Waals surface area contributed by atoms with Gasteiger partial charge in [0.05, 0.1) is 27.4 Å². The standard InChI is InChI=1S/C10H11ClN2OS/c1-5(14)8(12)10-13-7-4-2-3-6(11)9(7)15-10/h2-5,8,14H,12H2,1H3. The number of aliphatic hydroxyl groups is 1. The molecule has 0 radical (unpaired) electrons. The van der Waals surface area contributed by atoms with Crippen molar-refractivity contribution in [1.29, 1.82) is 0 Å². The maximum absolute atomic E-state index is 9.38. The third-order valence-electron chi connectivity index (χ3n) is 2.19. The largest absolute Gasteiger partial charge is 0.391 e. The van der Waals surface area contributed by atoms with E-state index in [1.165, 1.54) is 11.3 Å². The van der Waals surface area contributed by atoms with Crippen molar-refractivity contribution in [2.45, 2.75) is 19.1 Å². The van der Waals surface area contributed by atoms with E-state index in [0.29, 0.717) is 10.0 Å². The number of aromatic nitrogens is 1. The summed E-state index contributed by atoms with van der Waals surface area (Å²) in [7, 11) is 0. The Morgan fingerprint density at radius 1 is 1.53 bits per heavy atom. The molecule has 2 unspecified atom stereocenters. The van der Waals surface area contributed by atoms with Crippen LogP contribution in [0.25, 0.3) is 10.2 Å². The van der Waals surface area contributed by atoms with Gasteiger partial charge in [-0.15, -0.1) is 11.3 Å². The molecule has 2 aromatic rings. The number of halogens is 1. The molecule has 0 aliphatic rings. The highest BCUT2D eigenvalue weighted by molar-refractivity contribution is 7.19. The number of benzene rings is 1. The SMILES string of the molecule is CC(O)C(N)c1nc2cccc(Cl)c2s1. The van der Waals surface area contributed by atoms with Crippen molar-refractivity contribution < 1.29 is 5.11 Å². The van der Waals surface area contributed by atoms with Gasteiger partial charge in [-0.05, 0) is 19.1 Å². The average molecular weight is 243 g/mol. The lowest BCUT2D eigenvalue weighted by Crippen LogP contribution is -2.22. The van der Waals surface area contributed by atoms with Crippen molar-refractivity contribution in [3.63, 3.8) is 0 Å². The minimum absolute atomic E-state index is 0.446. The second kappa shape index (κ2) is 4.06. The zero-order valence-corrected chi connectivity index (χ0v) is 9.72. The second-order valence-corrected chi connectivity index (χ2v) is 4.84. The number of nitrogens with zero attached hydrogens (tertiary/aromatic N) is 1. The van der Waals surface area contributed by atoms with Crippen LogP contribution in [0.3, 0.4) is 0 Å². The van der Waals surface area contributed by atoms with Crippen LogP contribution in [0.1, 0.15) is 18.0 Å². The molecular weight excluding hydrogens is 232 g/mol. The van der Waals surface area contributed by atoms with Crippen molar-refractivity contribution >= 4 is 33.2 Å². The summed E-state index contributed by atoms with van der Waals surface area (Å²) in [6.07, 6.45) is -0.607. The zero-order chi connectivity index (χ0) is 11.0. The van der Waals surface area contributed by atoms with E-state index < -0.39 is 12.1 Å². The predicted molar refractivity (Wildman–Crippen MR) is 63.2 cm³/mol. The lowest BCUT2D eigenvalue weighted by molar-refractivity contribution is 0.164. The summed E-state index contributed by atoms with van der Waals surface area (Å²) in [5, 5.41) is 10.8. The van der Waals surface area contributed by atoms with E-state index >= 15 is 0 Å². The molecule has 1 heterocycles. The van der Waals surface area contributed by atoms with Crippen molar-refractivity contribution in [2.75, 3.05) is 0 Å². The number of aliphatic hydroxyl groups excluding tert-OH is 1. The molecule has 0 saturated heterocycles. The smallest absolute Gasteiger partial charge is 0.113 e. The van der Waals surface area contributed by atoms with E-state index in [0.717, 1.165) is 10.2 Å². The minimum Gasteiger partial charge on any atom is -0.391 e. The highest BCUT2D eigenvalue weighted by Crippen LogP contribution is 2.31. The highest BCUT2D eigenvalue weighted by atomic mass is 35.5. The molecule has 1 aromatic heterocycles. The molecule has 2 atom stereocenters. The van der Waals surface area contributed by atoms with Crippen LogP contribution in [0.5, 0.6) is 0 Å². The Bertz CT molecular complexity index is 483. The lowest BCUT2D eigenvalue weighted by Gasteiger charge is -2.10. The summed E-state index contributed by atoms with van der Waals surface area (Å²) in [4.78, 5) is 4.34. The summed E-state index contributed by atoms with van der Waals surface area (Å²) in [5.41, 5.74) is 6.64. The quantitative estimate of drug-likeness (QED) is 0.850. The van der Waals surface area contributed by atoms with E-state index in [-0.39, 0.29) is 0 Å². The zero-order valence-electron chi connectivity index (χ0n) is 8.14. The second-order valence-electron chi connectivity index (χ2n) is 3.41. The van der Waals surface area contributed by atoms with E-state index in [2.05, 4.69) is 4.98 Å². The maximum atomic E-state index is 9.38. The van der Waals surface area contributed by atoms with Crippen LogP contribution >= 0.6 is 22.9 Å². The van der Waals surface area contributed by atoms with Crippen molar-refractivity contribution in [3.05, 3.63) is 28.2 Å². The van der Waals surface area contributed by atoms with Crippen molar-refractivity contribution in [2.24, 2.45) is 5.73 Å². The third-order valence-corrected chi connectivity index (χ3v) is 3.82. The van der Waals surface area contributed by atoms with Gasteiger partial charge in [0.15, 0.2) is 0 Å². The van der Waals surface area contributed by atoms with Gasteiger partial charge >= 0.3 is 0 Å². The van der Waals surface area contributed by atoms with Gasteiger partial charge in [0.25, 0.3) is 0 Å². The van der Waals surface area contributed by atoms with Gasteiger partial charge in [-0.2, -0.15) is 0 Å². The Morgan fingerprint density at radius 2 is 2.27 bits per heavy atom. The minimum atomic E-state index is -0.607. The van der Waals surface area contributed by atoms with Gasteiger partial charge in [-0.3, -0.25) is 0 Å². The van der Waals surface area contributed by atoms with Gasteiger partial charge in [0.2, 0.25) is 0 Å². The molecule has 0 aliphatic carbocycles. The first-order valence-electron chi connectivity index (χ1n) is 4.58. The third kappa shape index (κ3) is 1.99. The molecule has 1 aromatic carbocycles. The van der Waals surface area contributed by atoms with Gasteiger partial charge in [0, 0.05) is 0 Å². The highest BCUT2D eigenvalue weighted by Gasteiger charge is 2.17. The van der Waals surface area contributed by atoms with E-state index in [4.69, 9.17) is 17.3 Å². The Balaban J connectivity index is 2.52. The summed E-state index contributed by atoms with van der Waals surface area (Å²) in [6.45, 7) is 1.65. The molecular formula is C10H11ClN2OS. The normalized spacial score (nSPS) is 15.5. The first-order chi connectivity index (χ1) is 7.09. The molecule has 0 amide bonds. The van der Waals surface area contributed by atoms with Crippen LogP contribution in [0.4, 0.5) is 0 Å². The van der Waals surface area contributed by atoms with Crippen LogP contribution in [0.2, 0.25) is 5.02 Å². The number of hydrogen-bond donors (Lipinski definition) is 2. The van der Waals surface area contributed by atoms with E-state index in [9.17, 15) is 5.11 Å². The molecule has 15 heavy (non-hydrogen) atoms. The van der Waals surface area contributed by atoms with Gasteiger partial charge in [-0.1, -0.05) is 17.7 Å². The maximum Gasteiger partial charge on any atom is 0.113 e. The lowest BCUT2D eigenvalue weighted by atomic mass is 10.2. The number of thiazole rings is 1. The van der Waals surface area contributed by atoms with E-state index in [1.54, 1.807) is 6.92 Å². The summed E-state index contributed by atoms with van der Waals surface area (Å²) >= 11 is 7.45. The number of fused-ring (bicyclic) bond motifs is 1. The molecule has 80 valence electrons.